The first-order valence-corrected chi connectivity index (χ1v) is 8.01. The SMILES string of the molecule is CCc1cc(NC(=O)c2cccc(OC)c2)nn1-c1ccc(F)cc1F. The zero-order chi connectivity index (χ0) is 18.7. The Morgan fingerprint density at radius 1 is 1.19 bits per heavy atom. The molecule has 3 aromatic rings. The van der Waals surface area contributed by atoms with Crippen LogP contribution in [0.2, 0.25) is 0 Å². The van der Waals surface area contributed by atoms with Gasteiger partial charge in [-0.2, -0.15) is 0 Å². The third-order valence-corrected chi connectivity index (χ3v) is 3.86. The van der Waals surface area contributed by atoms with Gasteiger partial charge in [0.1, 0.15) is 17.3 Å². The Morgan fingerprint density at radius 2 is 2.00 bits per heavy atom. The predicted molar refractivity (Wildman–Crippen MR) is 93.8 cm³/mol. The van der Waals surface area contributed by atoms with Gasteiger partial charge in [-0.25, -0.2) is 13.5 Å². The van der Waals surface area contributed by atoms with Gasteiger partial charge < -0.3 is 10.1 Å². The van der Waals surface area contributed by atoms with E-state index in [9.17, 15) is 13.6 Å². The summed E-state index contributed by atoms with van der Waals surface area (Å²) in [6.07, 6.45) is 0.554. The highest BCUT2D eigenvalue weighted by Gasteiger charge is 2.15. The van der Waals surface area contributed by atoms with E-state index in [0.29, 0.717) is 23.4 Å². The summed E-state index contributed by atoms with van der Waals surface area (Å²) in [5, 5.41) is 6.92. The molecule has 1 heterocycles. The van der Waals surface area contributed by atoms with Crippen LogP contribution >= 0.6 is 0 Å². The van der Waals surface area contributed by atoms with E-state index < -0.39 is 11.6 Å². The van der Waals surface area contributed by atoms with Crippen LogP contribution < -0.4 is 10.1 Å². The fraction of sp³-hybridized carbons (Fsp3) is 0.158. The molecule has 2 aromatic carbocycles. The van der Waals surface area contributed by atoms with Crippen molar-refractivity contribution in [2.75, 3.05) is 12.4 Å². The molecule has 0 bridgehead atoms. The summed E-state index contributed by atoms with van der Waals surface area (Å²) in [6, 6.07) is 11.6. The highest BCUT2D eigenvalue weighted by Crippen LogP contribution is 2.21. The monoisotopic (exact) mass is 357 g/mol. The minimum Gasteiger partial charge on any atom is -0.497 e. The Bertz CT molecular complexity index is 954. The number of anilines is 1. The topological polar surface area (TPSA) is 56.1 Å². The van der Waals surface area contributed by atoms with Crippen molar-refractivity contribution in [2.24, 2.45) is 0 Å². The molecule has 26 heavy (non-hydrogen) atoms. The Hall–Kier alpha value is -3.22. The van der Waals surface area contributed by atoms with Crippen LogP contribution in [0.1, 0.15) is 23.0 Å². The number of ether oxygens (including phenoxy) is 1. The number of aryl methyl sites for hydroxylation is 1. The molecule has 0 atom stereocenters. The highest BCUT2D eigenvalue weighted by molar-refractivity contribution is 6.04. The van der Waals surface area contributed by atoms with E-state index in [1.54, 1.807) is 30.3 Å². The van der Waals surface area contributed by atoms with Crippen molar-refractivity contribution in [3.8, 4) is 11.4 Å². The lowest BCUT2D eigenvalue weighted by Crippen LogP contribution is -2.13. The van der Waals surface area contributed by atoms with Gasteiger partial charge in [-0.1, -0.05) is 13.0 Å². The van der Waals surface area contributed by atoms with Crippen LogP contribution in [0, 0.1) is 11.6 Å². The molecule has 5 nitrogen and oxygen atoms in total. The number of rotatable bonds is 5. The lowest BCUT2D eigenvalue weighted by molar-refractivity contribution is 0.102. The van der Waals surface area contributed by atoms with Gasteiger partial charge in [-0.3, -0.25) is 4.79 Å². The largest absolute Gasteiger partial charge is 0.497 e. The van der Waals surface area contributed by atoms with Crippen LogP contribution in [0.4, 0.5) is 14.6 Å². The number of amides is 1. The molecular weight excluding hydrogens is 340 g/mol. The van der Waals surface area contributed by atoms with Crippen LogP contribution in [0.3, 0.4) is 0 Å². The first-order valence-electron chi connectivity index (χ1n) is 8.01. The molecule has 0 radical (unpaired) electrons. The fourth-order valence-corrected chi connectivity index (χ4v) is 2.55. The second-order valence-electron chi connectivity index (χ2n) is 5.57. The maximum Gasteiger partial charge on any atom is 0.256 e. The average Bonchev–Trinajstić information content (AvgIpc) is 3.04. The van der Waals surface area contributed by atoms with E-state index in [4.69, 9.17) is 4.74 Å². The van der Waals surface area contributed by atoms with Gasteiger partial charge in [-0.15, -0.1) is 5.10 Å². The molecule has 0 saturated carbocycles. The van der Waals surface area contributed by atoms with Gasteiger partial charge in [0.2, 0.25) is 0 Å². The molecule has 0 unspecified atom stereocenters. The smallest absolute Gasteiger partial charge is 0.256 e. The second kappa shape index (κ2) is 7.35. The van der Waals surface area contributed by atoms with Crippen molar-refractivity contribution in [3.63, 3.8) is 0 Å². The zero-order valence-electron chi connectivity index (χ0n) is 14.3. The second-order valence-corrected chi connectivity index (χ2v) is 5.57. The van der Waals surface area contributed by atoms with Gasteiger partial charge in [-0.05, 0) is 36.8 Å². The third-order valence-electron chi connectivity index (χ3n) is 3.86. The highest BCUT2D eigenvalue weighted by atomic mass is 19.1. The summed E-state index contributed by atoms with van der Waals surface area (Å²) in [4.78, 5) is 12.4. The molecule has 0 saturated heterocycles. The molecule has 0 aliphatic heterocycles. The number of carbonyl (C=O) groups excluding carboxylic acids is 1. The molecule has 1 amide bonds. The van der Waals surface area contributed by atoms with E-state index in [0.717, 1.165) is 12.1 Å². The molecule has 3 rings (SSSR count). The van der Waals surface area contributed by atoms with E-state index >= 15 is 0 Å². The molecule has 0 aliphatic rings. The quantitative estimate of drug-likeness (QED) is 0.752. The molecule has 0 aliphatic carbocycles. The van der Waals surface area contributed by atoms with Crippen molar-refractivity contribution in [1.29, 1.82) is 0 Å². The van der Waals surface area contributed by atoms with Crippen LogP contribution in [-0.4, -0.2) is 22.8 Å². The van der Waals surface area contributed by atoms with E-state index in [-0.39, 0.29) is 17.4 Å². The summed E-state index contributed by atoms with van der Waals surface area (Å²) in [6.45, 7) is 1.88. The molecule has 1 N–H and O–H groups in total. The number of nitrogens with one attached hydrogen (secondary N) is 1. The Kier molecular flexibility index (Phi) is 4.97. The number of hydrogen-bond donors (Lipinski definition) is 1. The number of methoxy groups -OCH3 is 1. The van der Waals surface area contributed by atoms with Crippen molar-refractivity contribution in [3.05, 3.63) is 71.4 Å². The Balaban J connectivity index is 1.90. The normalized spacial score (nSPS) is 10.6. The summed E-state index contributed by atoms with van der Waals surface area (Å²) >= 11 is 0. The number of benzene rings is 2. The Labute approximate surface area is 149 Å². The van der Waals surface area contributed by atoms with Crippen LogP contribution in [-0.2, 0) is 6.42 Å². The first kappa shape index (κ1) is 17.6. The van der Waals surface area contributed by atoms with Crippen molar-refractivity contribution < 1.29 is 18.3 Å². The number of nitrogens with zero attached hydrogens (tertiary/aromatic N) is 2. The van der Waals surface area contributed by atoms with E-state index in [1.807, 2.05) is 6.92 Å². The van der Waals surface area contributed by atoms with E-state index in [1.165, 1.54) is 17.9 Å². The first-order chi connectivity index (χ1) is 12.5. The van der Waals surface area contributed by atoms with Crippen molar-refractivity contribution >= 4 is 11.7 Å². The summed E-state index contributed by atoms with van der Waals surface area (Å²) in [7, 11) is 1.52. The van der Waals surface area contributed by atoms with Gasteiger partial charge in [0, 0.05) is 23.4 Å². The molecule has 134 valence electrons. The van der Waals surface area contributed by atoms with Crippen LogP contribution in [0.15, 0.2) is 48.5 Å². The minimum absolute atomic E-state index is 0.116. The average molecular weight is 357 g/mol. The van der Waals surface area contributed by atoms with Crippen LogP contribution in [0.25, 0.3) is 5.69 Å². The van der Waals surface area contributed by atoms with Gasteiger partial charge in [0.25, 0.3) is 5.91 Å². The van der Waals surface area contributed by atoms with Gasteiger partial charge in [0.05, 0.1) is 7.11 Å². The fourth-order valence-electron chi connectivity index (χ4n) is 2.55. The van der Waals surface area contributed by atoms with Crippen molar-refractivity contribution in [2.45, 2.75) is 13.3 Å². The van der Waals surface area contributed by atoms with Gasteiger partial charge >= 0.3 is 0 Å². The minimum atomic E-state index is -0.728. The number of hydrogen-bond acceptors (Lipinski definition) is 3. The Morgan fingerprint density at radius 3 is 2.69 bits per heavy atom. The lowest BCUT2D eigenvalue weighted by atomic mass is 10.2. The third kappa shape index (κ3) is 3.56. The summed E-state index contributed by atoms with van der Waals surface area (Å²) < 4.78 is 33.7. The zero-order valence-corrected chi connectivity index (χ0v) is 14.3. The van der Waals surface area contributed by atoms with Crippen molar-refractivity contribution in [1.82, 2.24) is 9.78 Å². The lowest BCUT2D eigenvalue weighted by Gasteiger charge is -2.07. The summed E-state index contributed by atoms with van der Waals surface area (Å²) in [5.41, 5.74) is 1.20. The molecule has 0 fully saturated rings. The number of aromatic nitrogens is 2. The predicted octanol–water partition coefficient (Wildman–Crippen LogP) is 3.97. The maximum absolute atomic E-state index is 14.1. The molecular formula is C19H17F2N3O2. The maximum atomic E-state index is 14.1. The standard InChI is InChI=1S/C19H17F2N3O2/c1-3-14-11-18(22-19(25)12-5-4-6-15(9-12)26-2)23-24(14)17-8-7-13(20)10-16(17)21/h4-11H,3H2,1-2H3,(H,22,23,25). The molecule has 1 aromatic heterocycles. The molecule has 7 heteroatoms. The summed E-state index contributed by atoms with van der Waals surface area (Å²) in [5.74, 6) is -0.920. The van der Waals surface area contributed by atoms with Crippen LogP contribution in [0.5, 0.6) is 5.75 Å². The number of carbonyl (C=O) groups is 1. The molecule has 0 spiro atoms. The van der Waals surface area contributed by atoms with Gasteiger partial charge in [0.15, 0.2) is 11.6 Å². The number of halogens is 2. The van der Waals surface area contributed by atoms with E-state index in [2.05, 4.69) is 10.4 Å².